The van der Waals surface area contributed by atoms with Crippen LogP contribution in [0.2, 0.25) is 0 Å². The van der Waals surface area contributed by atoms with Gasteiger partial charge in [-0.15, -0.1) is 24.0 Å². The van der Waals surface area contributed by atoms with Crippen LogP contribution in [0, 0.1) is 5.92 Å². The van der Waals surface area contributed by atoms with Crippen molar-refractivity contribution in [2.75, 3.05) is 20.6 Å². The zero-order valence-corrected chi connectivity index (χ0v) is 17.9. The lowest BCUT2D eigenvalue weighted by atomic mass is 10.1. The molecule has 0 aliphatic heterocycles. The number of guanidine groups is 1. The summed E-state index contributed by atoms with van der Waals surface area (Å²) in [5, 5.41) is 7.48. The van der Waals surface area contributed by atoms with Crippen LogP contribution in [0.15, 0.2) is 47.7 Å². The van der Waals surface area contributed by atoms with Gasteiger partial charge in [0.25, 0.3) is 0 Å². The minimum atomic E-state index is -4.31. The molecule has 1 atom stereocenters. The zero-order valence-electron chi connectivity index (χ0n) is 15.6. The molecule has 1 aromatic heterocycles. The van der Waals surface area contributed by atoms with Gasteiger partial charge < -0.3 is 10.2 Å². The number of benzene rings is 1. The van der Waals surface area contributed by atoms with Crippen LogP contribution in [-0.2, 0) is 19.3 Å². The molecule has 0 saturated heterocycles. The predicted molar refractivity (Wildman–Crippen MR) is 111 cm³/mol. The van der Waals surface area contributed by atoms with Gasteiger partial charge in [0.1, 0.15) is 0 Å². The van der Waals surface area contributed by atoms with E-state index in [-0.39, 0.29) is 24.0 Å². The zero-order chi connectivity index (χ0) is 19.2. The Balaban J connectivity index is 0.00000364. The van der Waals surface area contributed by atoms with Crippen molar-refractivity contribution < 1.29 is 13.2 Å². The molecule has 0 spiro atoms. The summed E-state index contributed by atoms with van der Waals surface area (Å²) in [6, 6.07) is 7.08. The van der Waals surface area contributed by atoms with E-state index < -0.39 is 11.7 Å². The molecule has 0 fully saturated rings. The van der Waals surface area contributed by atoms with Gasteiger partial charge in [-0.05, 0) is 29.7 Å². The Kier molecular flexibility index (Phi) is 9.07. The molecule has 1 unspecified atom stereocenters. The number of alkyl halides is 3. The van der Waals surface area contributed by atoms with Gasteiger partial charge in [-0.2, -0.15) is 18.3 Å². The highest BCUT2D eigenvalue weighted by atomic mass is 127. The second kappa shape index (κ2) is 10.5. The maximum atomic E-state index is 12.6. The average molecular weight is 495 g/mol. The Morgan fingerprint density at radius 2 is 1.96 bits per heavy atom. The number of hydrogen-bond acceptors (Lipinski definition) is 2. The molecule has 27 heavy (non-hydrogen) atoms. The number of aromatic nitrogens is 2. The van der Waals surface area contributed by atoms with Crippen LogP contribution >= 0.6 is 24.0 Å². The first-order valence-corrected chi connectivity index (χ1v) is 8.35. The van der Waals surface area contributed by atoms with Gasteiger partial charge >= 0.3 is 6.18 Å². The summed E-state index contributed by atoms with van der Waals surface area (Å²) >= 11 is 0. The minimum absolute atomic E-state index is 0. The smallest absolute Gasteiger partial charge is 0.356 e. The first-order chi connectivity index (χ1) is 12.3. The molecule has 5 nitrogen and oxygen atoms in total. The molecule has 0 radical (unpaired) electrons. The Morgan fingerprint density at radius 1 is 1.30 bits per heavy atom. The van der Waals surface area contributed by atoms with Crippen molar-refractivity contribution in [2.45, 2.75) is 26.2 Å². The van der Waals surface area contributed by atoms with Crippen LogP contribution in [0.5, 0.6) is 0 Å². The van der Waals surface area contributed by atoms with Gasteiger partial charge in [0.2, 0.25) is 0 Å². The quantitative estimate of drug-likeness (QED) is 0.376. The van der Waals surface area contributed by atoms with Crippen molar-refractivity contribution in [2.24, 2.45) is 10.9 Å². The monoisotopic (exact) mass is 495 g/mol. The van der Waals surface area contributed by atoms with Gasteiger partial charge in [0.05, 0.1) is 5.56 Å². The molecular formula is C18H25F3IN5. The summed E-state index contributed by atoms with van der Waals surface area (Å²) in [6.07, 6.45) is -0.647. The highest BCUT2D eigenvalue weighted by molar-refractivity contribution is 14.0. The van der Waals surface area contributed by atoms with Gasteiger partial charge in [-0.25, -0.2) is 0 Å². The SMILES string of the molecule is CN=C(NCC(C)Cn1cccn1)N(C)Cc1ccc(C(F)(F)F)cc1.I. The van der Waals surface area contributed by atoms with Crippen molar-refractivity contribution in [3.8, 4) is 0 Å². The molecule has 1 aromatic carbocycles. The molecular weight excluding hydrogens is 470 g/mol. The maximum Gasteiger partial charge on any atom is 0.416 e. The van der Waals surface area contributed by atoms with E-state index >= 15 is 0 Å². The highest BCUT2D eigenvalue weighted by Crippen LogP contribution is 2.29. The molecule has 9 heteroatoms. The van der Waals surface area contributed by atoms with Crippen LogP contribution in [0.4, 0.5) is 13.2 Å². The van der Waals surface area contributed by atoms with E-state index in [1.807, 2.05) is 28.9 Å². The molecule has 2 aromatic rings. The van der Waals surface area contributed by atoms with Crippen molar-refractivity contribution in [1.82, 2.24) is 20.0 Å². The van der Waals surface area contributed by atoms with Crippen molar-refractivity contribution in [3.63, 3.8) is 0 Å². The maximum absolute atomic E-state index is 12.6. The number of rotatable bonds is 6. The van der Waals surface area contributed by atoms with E-state index in [9.17, 15) is 13.2 Å². The van der Waals surface area contributed by atoms with E-state index in [4.69, 9.17) is 0 Å². The van der Waals surface area contributed by atoms with Crippen LogP contribution in [0.1, 0.15) is 18.1 Å². The predicted octanol–water partition coefficient (Wildman–Crippen LogP) is 3.86. The number of aliphatic imine (C=N–C) groups is 1. The van der Waals surface area contributed by atoms with E-state index in [2.05, 4.69) is 22.3 Å². The third-order valence-electron chi connectivity index (χ3n) is 3.94. The second-order valence-corrected chi connectivity index (χ2v) is 6.31. The lowest BCUT2D eigenvalue weighted by Gasteiger charge is -2.24. The van der Waals surface area contributed by atoms with E-state index in [1.165, 1.54) is 12.1 Å². The number of hydrogen-bond donors (Lipinski definition) is 1. The van der Waals surface area contributed by atoms with Gasteiger partial charge in [-0.1, -0.05) is 19.1 Å². The van der Waals surface area contributed by atoms with Gasteiger partial charge in [0, 0.05) is 46.1 Å². The van der Waals surface area contributed by atoms with E-state index in [1.54, 1.807) is 13.2 Å². The Hall–Kier alpha value is -1.78. The number of nitrogens with one attached hydrogen (secondary N) is 1. The number of halogens is 4. The highest BCUT2D eigenvalue weighted by Gasteiger charge is 2.29. The summed E-state index contributed by atoms with van der Waals surface area (Å²) in [4.78, 5) is 6.12. The lowest BCUT2D eigenvalue weighted by Crippen LogP contribution is -2.40. The Morgan fingerprint density at radius 3 is 2.48 bits per heavy atom. The van der Waals surface area contributed by atoms with Crippen molar-refractivity contribution in [1.29, 1.82) is 0 Å². The molecule has 0 aliphatic carbocycles. The van der Waals surface area contributed by atoms with E-state index in [0.717, 1.165) is 24.2 Å². The third kappa shape index (κ3) is 7.39. The normalized spacial score (nSPS) is 13.0. The molecule has 0 bridgehead atoms. The fourth-order valence-electron chi connectivity index (χ4n) is 2.59. The fraction of sp³-hybridized carbons (Fsp3) is 0.444. The summed E-state index contributed by atoms with van der Waals surface area (Å²) in [6.45, 7) is 4.08. The van der Waals surface area contributed by atoms with Crippen molar-refractivity contribution >= 4 is 29.9 Å². The van der Waals surface area contributed by atoms with Crippen LogP contribution < -0.4 is 5.32 Å². The summed E-state index contributed by atoms with van der Waals surface area (Å²) in [5.74, 6) is 1.03. The molecule has 150 valence electrons. The molecule has 2 rings (SSSR count). The summed E-state index contributed by atoms with van der Waals surface area (Å²) in [5.41, 5.74) is 0.145. The molecule has 0 amide bonds. The molecule has 0 saturated carbocycles. The second-order valence-electron chi connectivity index (χ2n) is 6.31. The Bertz CT molecular complexity index is 699. The van der Waals surface area contributed by atoms with Gasteiger partial charge in [-0.3, -0.25) is 9.67 Å². The van der Waals surface area contributed by atoms with E-state index in [0.29, 0.717) is 25.0 Å². The standard InChI is InChI=1S/C18H24F3N5.HI/c1-14(12-26-10-4-9-24-26)11-23-17(22-2)25(3)13-15-5-7-16(8-6-15)18(19,20)21;/h4-10,14H,11-13H2,1-3H3,(H,22,23);1H. The minimum Gasteiger partial charge on any atom is -0.356 e. The molecule has 1 heterocycles. The summed E-state index contributed by atoms with van der Waals surface area (Å²) in [7, 11) is 3.54. The van der Waals surface area contributed by atoms with Crippen LogP contribution in [0.25, 0.3) is 0 Å². The van der Waals surface area contributed by atoms with Crippen LogP contribution in [-0.4, -0.2) is 41.3 Å². The van der Waals surface area contributed by atoms with Gasteiger partial charge in [0.15, 0.2) is 5.96 Å². The fourth-order valence-corrected chi connectivity index (χ4v) is 2.59. The average Bonchev–Trinajstić information content (AvgIpc) is 3.08. The molecule has 1 N–H and O–H groups in total. The Labute approximate surface area is 174 Å². The first-order valence-electron chi connectivity index (χ1n) is 8.35. The van der Waals surface area contributed by atoms with Crippen molar-refractivity contribution in [3.05, 3.63) is 53.9 Å². The topological polar surface area (TPSA) is 45.5 Å². The summed E-state index contributed by atoms with van der Waals surface area (Å²) < 4.78 is 39.8. The molecule has 0 aliphatic rings. The number of nitrogens with zero attached hydrogens (tertiary/aromatic N) is 4. The third-order valence-corrected chi connectivity index (χ3v) is 3.94. The van der Waals surface area contributed by atoms with Crippen LogP contribution in [0.3, 0.4) is 0 Å². The first kappa shape index (κ1) is 23.3. The largest absolute Gasteiger partial charge is 0.416 e. The lowest BCUT2D eigenvalue weighted by molar-refractivity contribution is -0.137.